The number of aromatic nitrogens is 2. The standard InChI is InChI=1S/C14H20N4O5S/c1-5(2)22-12-10-11(16-14(15)17-12)18(6(3)24-10)13-9(21)8(20)7(4-19)23-13/h5,7-9,13,19-21H,3-4H2,1-2H3,(H2,15,16,17)/t7-,8-,9-,13-/m1/s1. The van der Waals surface area contributed by atoms with E-state index in [0.29, 0.717) is 21.6 Å². The third-order valence-corrected chi connectivity index (χ3v) is 4.66. The van der Waals surface area contributed by atoms with E-state index in [1.807, 2.05) is 13.8 Å². The summed E-state index contributed by atoms with van der Waals surface area (Å²) in [5.41, 5.74) is 5.77. The third-order valence-electron chi connectivity index (χ3n) is 3.67. The minimum atomic E-state index is -1.24. The van der Waals surface area contributed by atoms with Crippen molar-refractivity contribution in [3.05, 3.63) is 11.6 Å². The van der Waals surface area contributed by atoms with Crippen LogP contribution in [0.5, 0.6) is 5.88 Å². The van der Waals surface area contributed by atoms with Crippen molar-refractivity contribution in [3.8, 4) is 5.88 Å². The van der Waals surface area contributed by atoms with Crippen LogP contribution >= 0.6 is 11.8 Å². The lowest BCUT2D eigenvalue weighted by atomic mass is 10.1. The largest absolute Gasteiger partial charge is 0.474 e. The predicted octanol–water partition coefficient (Wildman–Crippen LogP) is -0.332. The first-order valence-corrected chi connectivity index (χ1v) is 8.27. The number of aliphatic hydroxyl groups is 3. The fourth-order valence-electron chi connectivity index (χ4n) is 2.63. The molecule has 10 heteroatoms. The van der Waals surface area contributed by atoms with Gasteiger partial charge in [-0.25, -0.2) is 0 Å². The van der Waals surface area contributed by atoms with Crippen molar-refractivity contribution in [1.29, 1.82) is 0 Å². The van der Waals surface area contributed by atoms with Crippen molar-refractivity contribution in [2.75, 3.05) is 17.2 Å². The van der Waals surface area contributed by atoms with Crippen LogP contribution in [0.3, 0.4) is 0 Å². The summed E-state index contributed by atoms with van der Waals surface area (Å²) in [7, 11) is 0. The second-order valence-corrected chi connectivity index (χ2v) is 6.88. The molecular weight excluding hydrogens is 336 g/mol. The molecule has 1 fully saturated rings. The molecule has 2 aliphatic rings. The number of nitrogens with two attached hydrogens (primary N) is 1. The van der Waals surface area contributed by atoms with Gasteiger partial charge in [0.25, 0.3) is 0 Å². The van der Waals surface area contributed by atoms with Gasteiger partial charge in [-0.2, -0.15) is 9.97 Å². The Bertz CT molecular complexity index is 658. The molecule has 1 saturated heterocycles. The van der Waals surface area contributed by atoms with E-state index in [1.54, 1.807) is 0 Å². The Balaban J connectivity index is 1.99. The average molecular weight is 356 g/mol. The van der Waals surface area contributed by atoms with E-state index in [-0.39, 0.29) is 12.1 Å². The van der Waals surface area contributed by atoms with Gasteiger partial charge in [0.1, 0.15) is 23.2 Å². The van der Waals surface area contributed by atoms with E-state index in [1.165, 1.54) is 16.7 Å². The first-order valence-electron chi connectivity index (χ1n) is 7.46. The molecule has 0 unspecified atom stereocenters. The molecule has 4 atom stereocenters. The third kappa shape index (κ3) is 2.80. The molecule has 5 N–H and O–H groups in total. The quantitative estimate of drug-likeness (QED) is 0.568. The monoisotopic (exact) mass is 356 g/mol. The fourth-order valence-corrected chi connectivity index (χ4v) is 3.57. The van der Waals surface area contributed by atoms with Crippen molar-refractivity contribution in [2.45, 2.75) is 49.4 Å². The molecule has 1 aromatic rings. The van der Waals surface area contributed by atoms with E-state index in [2.05, 4.69) is 16.5 Å². The topological polar surface area (TPSA) is 134 Å². The number of hydrogen-bond acceptors (Lipinski definition) is 10. The van der Waals surface area contributed by atoms with Crippen LogP contribution < -0.4 is 15.4 Å². The van der Waals surface area contributed by atoms with Gasteiger partial charge in [0.2, 0.25) is 11.8 Å². The highest BCUT2D eigenvalue weighted by molar-refractivity contribution is 8.03. The van der Waals surface area contributed by atoms with Gasteiger partial charge in [-0.1, -0.05) is 18.3 Å². The Morgan fingerprint density at radius 3 is 2.67 bits per heavy atom. The van der Waals surface area contributed by atoms with Crippen LogP contribution in [0.2, 0.25) is 0 Å². The van der Waals surface area contributed by atoms with E-state index < -0.39 is 31.1 Å². The van der Waals surface area contributed by atoms with E-state index >= 15 is 0 Å². The second-order valence-electron chi connectivity index (χ2n) is 5.80. The van der Waals surface area contributed by atoms with E-state index in [9.17, 15) is 15.3 Å². The van der Waals surface area contributed by atoms with Crippen LogP contribution in [-0.2, 0) is 4.74 Å². The molecular formula is C14H20N4O5S. The first-order chi connectivity index (χ1) is 11.3. The lowest BCUT2D eigenvalue weighted by Crippen LogP contribution is -2.42. The number of rotatable bonds is 4. The maximum atomic E-state index is 10.3. The Morgan fingerprint density at radius 1 is 1.38 bits per heavy atom. The Morgan fingerprint density at radius 2 is 2.08 bits per heavy atom. The van der Waals surface area contributed by atoms with Crippen LogP contribution in [-0.4, -0.2) is 62.5 Å². The molecule has 1 aromatic heterocycles. The number of nitrogens with zero attached hydrogens (tertiary/aromatic N) is 3. The summed E-state index contributed by atoms with van der Waals surface area (Å²) >= 11 is 1.27. The van der Waals surface area contributed by atoms with Gasteiger partial charge in [0, 0.05) is 0 Å². The normalized spacial score (nSPS) is 29.4. The minimum absolute atomic E-state index is 0.0106. The number of anilines is 2. The second kappa shape index (κ2) is 6.37. The molecule has 0 saturated carbocycles. The molecule has 0 aliphatic carbocycles. The Hall–Kier alpha value is -1.59. The van der Waals surface area contributed by atoms with Gasteiger partial charge < -0.3 is 30.5 Å². The number of nitrogen functional groups attached to an aromatic ring is 1. The zero-order chi connectivity index (χ0) is 17.6. The molecule has 9 nitrogen and oxygen atoms in total. The highest BCUT2D eigenvalue weighted by atomic mass is 32.2. The van der Waals surface area contributed by atoms with Crippen LogP contribution in [0.4, 0.5) is 11.8 Å². The van der Waals surface area contributed by atoms with E-state index in [4.69, 9.17) is 15.2 Å². The maximum Gasteiger partial charge on any atom is 0.235 e. The van der Waals surface area contributed by atoms with Gasteiger partial charge in [0.15, 0.2) is 12.0 Å². The summed E-state index contributed by atoms with van der Waals surface area (Å²) in [6, 6.07) is 0. The summed E-state index contributed by atoms with van der Waals surface area (Å²) in [6.45, 7) is 7.26. The lowest BCUT2D eigenvalue weighted by molar-refractivity contribution is -0.0205. The fraction of sp³-hybridized carbons (Fsp3) is 0.571. The Labute approximate surface area is 143 Å². The summed E-state index contributed by atoms with van der Waals surface area (Å²) in [5.74, 6) is 0.729. The van der Waals surface area contributed by atoms with E-state index in [0.717, 1.165) is 0 Å². The van der Waals surface area contributed by atoms with Crippen molar-refractivity contribution in [3.63, 3.8) is 0 Å². The molecule has 3 heterocycles. The molecule has 132 valence electrons. The smallest absolute Gasteiger partial charge is 0.235 e. The minimum Gasteiger partial charge on any atom is -0.474 e. The molecule has 2 aliphatic heterocycles. The van der Waals surface area contributed by atoms with Gasteiger partial charge >= 0.3 is 0 Å². The van der Waals surface area contributed by atoms with Crippen molar-refractivity contribution >= 4 is 23.5 Å². The summed E-state index contributed by atoms with van der Waals surface area (Å²) in [4.78, 5) is 10.5. The van der Waals surface area contributed by atoms with Crippen molar-refractivity contribution < 1.29 is 24.8 Å². The van der Waals surface area contributed by atoms with Crippen molar-refractivity contribution in [1.82, 2.24) is 9.97 Å². The van der Waals surface area contributed by atoms with Crippen LogP contribution in [0.25, 0.3) is 0 Å². The molecule has 0 bridgehead atoms. The molecule has 0 amide bonds. The summed E-state index contributed by atoms with van der Waals surface area (Å²) in [5, 5.41) is 30.0. The molecule has 0 spiro atoms. The molecule has 24 heavy (non-hydrogen) atoms. The van der Waals surface area contributed by atoms with Crippen molar-refractivity contribution in [2.24, 2.45) is 0 Å². The summed E-state index contributed by atoms with van der Waals surface area (Å²) < 4.78 is 11.2. The number of hydrogen-bond donors (Lipinski definition) is 4. The van der Waals surface area contributed by atoms with Gasteiger partial charge in [-0.05, 0) is 13.8 Å². The molecule has 0 radical (unpaired) electrons. The lowest BCUT2D eigenvalue weighted by Gasteiger charge is -2.27. The SMILES string of the molecule is C=C1Sc2c(OC(C)C)nc(N)nc2N1[C@@H]1O[C@H](CO)[C@@H](O)[C@H]1O. The van der Waals surface area contributed by atoms with Gasteiger partial charge in [-0.3, -0.25) is 4.90 Å². The average Bonchev–Trinajstić information content (AvgIpc) is 2.96. The maximum absolute atomic E-state index is 10.3. The number of fused-ring (bicyclic) bond motifs is 1. The number of aliphatic hydroxyl groups excluding tert-OH is 3. The molecule has 3 rings (SSSR count). The van der Waals surface area contributed by atoms with Crippen LogP contribution in [0.15, 0.2) is 16.5 Å². The van der Waals surface area contributed by atoms with Crippen LogP contribution in [0.1, 0.15) is 13.8 Å². The number of thioether (sulfide) groups is 1. The predicted molar refractivity (Wildman–Crippen MR) is 87.4 cm³/mol. The van der Waals surface area contributed by atoms with Gasteiger partial charge in [-0.15, -0.1) is 0 Å². The van der Waals surface area contributed by atoms with Gasteiger partial charge in [0.05, 0.1) is 17.7 Å². The number of ether oxygens (including phenoxy) is 2. The zero-order valence-electron chi connectivity index (χ0n) is 13.3. The Kier molecular flexibility index (Phi) is 4.58. The molecule has 0 aromatic carbocycles. The highest BCUT2D eigenvalue weighted by Gasteiger charge is 2.49. The summed E-state index contributed by atoms with van der Waals surface area (Å²) in [6.07, 6.45) is -4.40. The zero-order valence-corrected chi connectivity index (χ0v) is 14.1. The first kappa shape index (κ1) is 17.2. The van der Waals surface area contributed by atoms with Crippen LogP contribution in [0, 0.1) is 0 Å². The highest BCUT2D eigenvalue weighted by Crippen LogP contribution is 2.50.